The predicted molar refractivity (Wildman–Crippen MR) is 120 cm³/mol. The fourth-order valence-electron chi connectivity index (χ4n) is 6.03. The lowest BCUT2D eigenvalue weighted by molar-refractivity contribution is -0.142. The quantitative estimate of drug-likeness (QED) is 0.675. The van der Waals surface area contributed by atoms with Crippen molar-refractivity contribution in [3.8, 4) is 0 Å². The van der Waals surface area contributed by atoms with Crippen LogP contribution in [0.15, 0.2) is 30.0 Å². The summed E-state index contributed by atoms with van der Waals surface area (Å²) in [6, 6.07) is 3.32. The molecule has 0 aliphatic carbocycles. The van der Waals surface area contributed by atoms with E-state index in [4.69, 9.17) is 0 Å². The molecule has 0 saturated carbocycles. The van der Waals surface area contributed by atoms with Crippen molar-refractivity contribution in [3.63, 3.8) is 0 Å². The molecule has 0 unspecified atom stereocenters. The molecule has 2 bridgehead atoms. The molecule has 3 aliphatic rings. The predicted octanol–water partition coefficient (Wildman–Crippen LogP) is 4.12. The van der Waals surface area contributed by atoms with Gasteiger partial charge in [0.05, 0.1) is 5.41 Å². The number of fused-ring (bicyclic) bond motifs is 3. The number of halogens is 1. The Balaban J connectivity index is 1.52. The van der Waals surface area contributed by atoms with E-state index in [0.29, 0.717) is 18.5 Å². The summed E-state index contributed by atoms with van der Waals surface area (Å²) in [6.45, 7) is 7.54. The molecule has 0 spiro atoms. The average molecular weight is 439 g/mol. The standard InChI is InChI=1S/C25H31FN4O2/c1-16(2)10-11-25(24(32)28-12-4-5-13-28)14-18-7-8-19(25)30(18)23(31)21-22(26)29-15-17(3)6-9-20(29)27-21/h6,9-10,15,18-19H,4-5,7-8,11-14H2,1-3H3/t18-,19+,25+/m1/s1. The van der Waals surface area contributed by atoms with Gasteiger partial charge in [0.2, 0.25) is 11.9 Å². The SMILES string of the molecule is CC(C)=CC[C@]1(C(=O)N2CCCC2)C[C@H]2CC[C@@H]1N2C(=O)c1nc2ccc(C)cn2c1F. The maximum Gasteiger partial charge on any atom is 0.277 e. The lowest BCUT2D eigenvalue weighted by Crippen LogP contribution is -2.50. The van der Waals surface area contributed by atoms with Gasteiger partial charge in [0.15, 0.2) is 5.69 Å². The van der Waals surface area contributed by atoms with Gasteiger partial charge >= 0.3 is 0 Å². The van der Waals surface area contributed by atoms with Crippen LogP contribution in [0.1, 0.15) is 68.4 Å². The number of likely N-dealkylation sites (tertiary alicyclic amines) is 1. The number of aromatic nitrogens is 2. The summed E-state index contributed by atoms with van der Waals surface area (Å²) in [5, 5.41) is 0. The zero-order valence-corrected chi connectivity index (χ0v) is 19.1. The van der Waals surface area contributed by atoms with Gasteiger partial charge < -0.3 is 9.80 Å². The largest absolute Gasteiger partial charge is 0.342 e. The number of pyridine rings is 1. The second kappa shape index (κ2) is 7.71. The number of nitrogens with zero attached hydrogens (tertiary/aromatic N) is 4. The number of allylic oxidation sites excluding steroid dienone is 2. The number of hydrogen-bond donors (Lipinski definition) is 0. The highest BCUT2D eigenvalue weighted by atomic mass is 19.1. The number of imidazole rings is 1. The molecular weight excluding hydrogens is 407 g/mol. The Hall–Kier alpha value is -2.70. The van der Waals surface area contributed by atoms with Crippen LogP contribution in [0.2, 0.25) is 0 Å². The van der Waals surface area contributed by atoms with E-state index in [1.165, 1.54) is 9.97 Å². The van der Waals surface area contributed by atoms with Crippen LogP contribution in [-0.4, -0.2) is 56.2 Å². The van der Waals surface area contributed by atoms with Crippen LogP contribution in [0.4, 0.5) is 4.39 Å². The Labute approximate surface area is 188 Å². The van der Waals surface area contributed by atoms with Crippen LogP contribution >= 0.6 is 0 Å². The van der Waals surface area contributed by atoms with Crippen LogP contribution in [0.25, 0.3) is 5.65 Å². The van der Waals surface area contributed by atoms with Gasteiger partial charge in [0.25, 0.3) is 5.91 Å². The van der Waals surface area contributed by atoms with E-state index in [0.717, 1.165) is 44.3 Å². The summed E-state index contributed by atoms with van der Waals surface area (Å²) in [7, 11) is 0. The molecule has 3 atom stereocenters. The zero-order valence-electron chi connectivity index (χ0n) is 19.1. The maximum absolute atomic E-state index is 15.2. The van der Waals surface area contributed by atoms with Crippen molar-refractivity contribution in [2.24, 2.45) is 5.41 Å². The molecule has 0 radical (unpaired) electrons. The van der Waals surface area contributed by atoms with Crippen molar-refractivity contribution >= 4 is 17.5 Å². The summed E-state index contributed by atoms with van der Waals surface area (Å²) in [6.07, 6.45) is 8.77. The number of carbonyl (C=O) groups is 2. The molecule has 0 aromatic carbocycles. The van der Waals surface area contributed by atoms with E-state index in [9.17, 15) is 9.59 Å². The van der Waals surface area contributed by atoms with Gasteiger partial charge in [-0.25, -0.2) is 4.98 Å². The summed E-state index contributed by atoms with van der Waals surface area (Å²) in [4.78, 5) is 35.5. The molecule has 32 heavy (non-hydrogen) atoms. The number of rotatable bonds is 4. The molecule has 3 fully saturated rings. The van der Waals surface area contributed by atoms with Crippen LogP contribution in [0, 0.1) is 18.3 Å². The number of hydrogen-bond acceptors (Lipinski definition) is 3. The van der Waals surface area contributed by atoms with Crippen molar-refractivity contribution in [2.45, 2.75) is 71.4 Å². The Morgan fingerprint density at radius 2 is 1.97 bits per heavy atom. The van der Waals surface area contributed by atoms with Crippen molar-refractivity contribution in [2.75, 3.05) is 13.1 Å². The molecule has 3 aliphatic heterocycles. The summed E-state index contributed by atoms with van der Waals surface area (Å²) in [5.41, 5.74) is 1.73. The molecule has 5 heterocycles. The maximum atomic E-state index is 15.2. The Morgan fingerprint density at radius 3 is 2.69 bits per heavy atom. The molecular formula is C25H31FN4O2. The molecule has 2 aromatic heterocycles. The van der Waals surface area contributed by atoms with Crippen molar-refractivity contribution in [3.05, 3.63) is 47.2 Å². The number of carbonyl (C=O) groups excluding carboxylic acids is 2. The first kappa shape index (κ1) is 21.2. The summed E-state index contributed by atoms with van der Waals surface area (Å²) < 4.78 is 16.5. The number of aryl methyl sites for hydroxylation is 1. The Kier molecular flexibility index (Phi) is 5.10. The van der Waals surface area contributed by atoms with Crippen molar-refractivity contribution in [1.82, 2.24) is 19.2 Å². The van der Waals surface area contributed by atoms with Gasteiger partial charge in [-0.2, -0.15) is 4.39 Å². The number of amides is 2. The molecule has 2 aromatic rings. The van der Waals surface area contributed by atoms with Crippen molar-refractivity contribution < 1.29 is 14.0 Å². The van der Waals surface area contributed by atoms with Gasteiger partial charge in [-0.3, -0.25) is 14.0 Å². The minimum Gasteiger partial charge on any atom is -0.342 e. The first-order chi connectivity index (χ1) is 15.3. The molecule has 0 N–H and O–H groups in total. The fourth-order valence-corrected chi connectivity index (χ4v) is 6.03. The summed E-state index contributed by atoms with van der Waals surface area (Å²) >= 11 is 0. The van der Waals surface area contributed by atoms with Gasteiger partial charge in [0, 0.05) is 31.4 Å². The first-order valence-electron chi connectivity index (χ1n) is 11.7. The van der Waals surface area contributed by atoms with Gasteiger partial charge in [-0.15, -0.1) is 0 Å². The lowest BCUT2D eigenvalue weighted by atomic mass is 9.70. The zero-order chi connectivity index (χ0) is 22.6. The minimum absolute atomic E-state index is 0.0458. The summed E-state index contributed by atoms with van der Waals surface area (Å²) in [5.74, 6) is -0.839. The fraction of sp³-hybridized carbons (Fsp3) is 0.560. The molecule has 2 amide bonds. The molecule has 170 valence electrons. The minimum atomic E-state index is -0.624. The molecule has 3 saturated heterocycles. The van der Waals surface area contributed by atoms with Crippen LogP contribution in [-0.2, 0) is 4.79 Å². The lowest BCUT2D eigenvalue weighted by Gasteiger charge is -2.38. The average Bonchev–Trinajstić information content (AvgIpc) is 3.55. The molecule has 7 heteroatoms. The van der Waals surface area contributed by atoms with Crippen molar-refractivity contribution in [1.29, 1.82) is 0 Å². The highest BCUT2D eigenvalue weighted by Gasteiger charge is 2.62. The van der Waals surface area contributed by atoms with Gasteiger partial charge in [0.1, 0.15) is 5.65 Å². The third kappa shape index (κ3) is 3.16. The molecule has 6 nitrogen and oxygen atoms in total. The van der Waals surface area contributed by atoms with Crippen LogP contribution in [0.5, 0.6) is 0 Å². The van der Waals surface area contributed by atoms with E-state index < -0.39 is 11.4 Å². The Bertz CT molecular complexity index is 1110. The third-order valence-electron chi connectivity index (χ3n) is 7.58. The smallest absolute Gasteiger partial charge is 0.277 e. The Morgan fingerprint density at radius 1 is 1.22 bits per heavy atom. The van der Waals surface area contributed by atoms with Crippen LogP contribution in [0.3, 0.4) is 0 Å². The van der Waals surface area contributed by atoms with E-state index in [1.807, 2.05) is 31.7 Å². The third-order valence-corrected chi connectivity index (χ3v) is 7.58. The van der Waals surface area contributed by atoms with E-state index >= 15 is 4.39 Å². The first-order valence-corrected chi connectivity index (χ1v) is 11.7. The van der Waals surface area contributed by atoms with E-state index in [-0.39, 0.29) is 29.6 Å². The highest BCUT2D eigenvalue weighted by Crippen LogP contribution is 2.53. The van der Waals surface area contributed by atoms with Gasteiger partial charge in [-0.05, 0) is 70.9 Å². The second-order valence-corrected chi connectivity index (χ2v) is 9.99. The van der Waals surface area contributed by atoms with Crippen LogP contribution < -0.4 is 0 Å². The second-order valence-electron chi connectivity index (χ2n) is 9.99. The topological polar surface area (TPSA) is 57.9 Å². The highest BCUT2D eigenvalue weighted by molar-refractivity contribution is 5.96. The molecule has 5 rings (SSSR count). The van der Waals surface area contributed by atoms with Gasteiger partial charge in [-0.1, -0.05) is 17.7 Å². The normalized spacial score (nSPS) is 26.9. The van der Waals surface area contributed by atoms with E-state index in [2.05, 4.69) is 11.1 Å². The van der Waals surface area contributed by atoms with E-state index in [1.54, 1.807) is 17.2 Å². The monoisotopic (exact) mass is 438 g/mol.